The molecule has 1 N–H and O–H groups in total. The summed E-state index contributed by atoms with van der Waals surface area (Å²) in [6.45, 7) is 13.0. The van der Waals surface area contributed by atoms with Gasteiger partial charge in [-0.15, -0.1) is 0 Å². The van der Waals surface area contributed by atoms with Gasteiger partial charge in [-0.05, 0) is 112 Å². The van der Waals surface area contributed by atoms with Crippen LogP contribution in [0.1, 0.15) is 106 Å². The van der Waals surface area contributed by atoms with Crippen molar-refractivity contribution in [3.63, 3.8) is 0 Å². The van der Waals surface area contributed by atoms with Gasteiger partial charge in [-0.25, -0.2) is 0 Å². The first-order valence-electron chi connectivity index (χ1n) is 13.0. The van der Waals surface area contributed by atoms with Gasteiger partial charge in [0.1, 0.15) is 6.10 Å². The Morgan fingerprint density at radius 3 is 2.61 bits per heavy atom. The molecular weight excluding hydrogens is 384 g/mol. The van der Waals surface area contributed by atoms with Crippen LogP contribution in [-0.2, 0) is 9.53 Å². The van der Waals surface area contributed by atoms with Gasteiger partial charge >= 0.3 is 5.97 Å². The summed E-state index contributed by atoms with van der Waals surface area (Å²) < 4.78 is 5.60. The van der Waals surface area contributed by atoms with Crippen molar-refractivity contribution < 1.29 is 14.6 Å². The lowest BCUT2D eigenvalue weighted by Crippen LogP contribution is -2.51. The van der Waals surface area contributed by atoms with E-state index < -0.39 is 5.60 Å². The summed E-state index contributed by atoms with van der Waals surface area (Å²) in [5, 5.41) is 10.2. The number of fused-ring (bicyclic) bond motifs is 5. The number of allylic oxidation sites excluding steroid dienone is 1. The third kappa shape index (κ3) is 4.25. The molecule has 0 amide bonds. The lowest BCUT2D eigenvalue weighted by molar-refractivity contribution is -0.148. The SMILES string of the molecule is CC(=O)O[C@H]1CC[C@@]2(C)C(=CCC3C2CC[C@@]2(C)C3CC[C@@H]2[C@H](C)CCC(C)(C)O)C1. The molecule has 0 bridgehead atoms. The first kappa shape index (κ1) is 23.3. The van der Waals surface area contributed by atoms with E-state index in [9.17, 15) is 9.90 Å². The van der Waals surface area contributed by atoms with Crippen molar-refractivity contribution in [1.82, 2.24) is 0 Å². The van der Waals surface area contributed by atoms with Crippen LogP contribution in [-0.4, -0.2) is 22.8 Å². The number of hydrogen-bond donors (Lipinski definition) is 1. The molecule has 4 rings (SSSR count). The lowest BCUT2D eigenvalue weighted by Gasteiger charge is -2.58. The highest BCUT2D eigenvalue weighted by Crippen LogP contribution is 2.67. The minimum atomic E-state index is -0.547. The van der Waals surface area contributed by atoms with Gasteiger partial charge in [0.2, 0.25) is 0 Å². The Morgan fingerprint density at radius 1 is 1.19 bits per heavy atom. The maximum Gasteiger partial charge on any atom is 0.302 e. The van der Waals surface area contributed by atoms with Crippen molar-refractivity contribution in [2.45, 2.75) is 117 Å². The molecule has 0 aromatic heterocycles. The number of carbonyl (C=O) groups is 1. The Bertz CT molecular complexity index is 718. The quantitative estimate of drug-likeness (QED) is 0.391. The van der Waals surface area contributed by atoms with Gasteiger partial charge in [0.25, 0.3) is 0 Å². The molecule has 3 unspecified atom stereocenters. The molecule has 176 valence electrons. The first-order valence-corrected chi connectivity index (χ1v) is 13.0. The molecule has 0 aromatic rings. The molecule has 4 aliphatic carbocycles. The number of carbonyl (C=O) groups excluding carboxylic acids is 1. The van der Waals surface area contributed by atoms with Crippen molar-refractivity contribution >= 4 is 5.97 Å². The molecule has 8 atom stereocenters. The summed E-state index contributed by atoms with van der Waals surface area (Å²) >= 11 is 0. The molecule has 0 aromatic carbocycles. The summed E-state index contributed by atoms with van der Waals surface area (Å²) in [6.07, 6.45) is 14.6. The molecule has 0 aliphatic heterocycles. The minimum absolute atomic E-state index is 0.0923. The van der Waals surface area contributed by atoms with E-state index in [0.29, 0.717) is 16.7 Å². The Hall–Kier alpha value is -0.830. The summed E-state index contributed by atoms with van der Waals surface area (Å²) in [4.78, 5) is 11.5. The first-order chi connectivity index (χ1) is 14.4. The van der Waals surface area contributed by atoms with Crippen molar-refractivity contribution in [2.75, 3.05) is 0 Å². The number of hydrogen-bond acceptors (Lipinski definition) is 3. The molecule has 4 aliphatic rings. The summed E-state index contributed by atoms with van der Waals surface area (Å²) in [7, 11) is 0. The highest BCUT2D eigenvalue weighted by atomic mass is 16.5. The molecule has 31 heavy (non-hydrogen) atoms. The Balaban J connectivity index is 1.49. The van der Waals surface area contributed by atoms with Gasteiger partial charge in [0, 0.05) is 13.3 Å². The van der Waals surface area contributed by atoms with Crippen LogP contribution in [0.5, 0.6) is 0 Å². The second kappa shape index (κ2) is 8.19. The zero-order chi connectivity index (χ0) is 22.6. The Morgan fingerprint density at radius 2 is 1.94 bits per heavy atom. The molecule has 3 nitrogen and oxygen atoms in total. The normalized spacial score (nSPS) is 43.3. The van der Waals surface area contributed by atoms with Gasteiger partial charge < -0.3 is 9.84 Å². The Kier molecular flexibility index (Phi) is 6.16. The summed E-state index contributed by atoms with van der Waals surface area (Å²) in [6, 6.07) is 0. The molecule has 0 spiro atoms. The standard InChI is InChI=1S/C28H46O3/c1-18(11-14-26(3,4)30)23-9-10-24-22-8-7-20-17-21(31-19(2)29)12-15-27(20,5)25(22)13-16-28(23,24)6/h7,18,21-25,30H,8-17H2,1-6H3/t18-,21+,22?,23-,24?,25?,27+,28-/m1/s1. The largest absolute Gasteiger partial charge is 0.462 e. The number of aliphatic hydroxyl groups is 1. The fraction of sp³-hybridized carbons (Fsp3) is 0.893. The molecular formula is C28H46O3. The zero-order valence-electron chi connectivity index (χ0n) is 20.9. The van der Waals surface area contributed by atoms with E-state index in [-0.39, 0.29) is 12.1 Å². The smallest absolute Gasteiger partial charge is 0.302 e. The van der Waals surface area contributed by atoms with Gasteiger partial charge in [-0.2, -0.15) is 0 Å². The van der Waals surface area contributed by atoms with Crippen molar-refractivity contribution in [3.05, 3.63) is 11.6 Å². The highest BCUT2D eigenvalue weighted by molar-refractivity contribution is 5.66. The maximum absolute atomic E-state index is 11.5. The van der Waals surface area contributed by atoms with Crippen LogP contribution in [0, 0.1) is 40.4 Å². The van der Waals surface area contributed by atoms with E-state index in [2.05, 4.69) is 26.8 Å². The average Bonchev–Trinajstić information content (AvgIpc) is 3.03. The topological polar surface area (TPSA) is 46.5 Å². The van der Waals surface area contributed by atoms with Crippen molar-refractivity contribution in [3.8, 4) is 0 Å². The van der Waals surface area contributed by atoms with Crippen LogP contribution in [0.15, 0.2) is 11.6 Å². The van der Waals surface area contributed by atoms with Crippen molar-refractivity contribution in [2.24, 2.45) is 40.4 Å². The predicted molar refractivity (Wildman–Crippen MR) is 125 cm³/mol. The number of rotatable bonds is 5. The van der Waals surface area contributed by atoms with Gasteiger partial charge in [0.15, 0.2) is 0 Å². The second-order valence-corrected chi connectivity index (χ2v) is 12.8. The number of esters is 1. The highest BCUT2D eigenvalue weighted by Gasteiger charge is 2.59. The van der Waals surface area contributed by atoms with Crippen LogP contribution in [0.2, 0.25) is 0 Å². The van der Waals surface area contributed by atoms with E-state index in [1.54, 1.807) is 12.5 Å². The minimum Gasteiger partial charge on any atom is -0.462 e. The van der Waals surface area contributed by atoms with E-state index in [4.69, 9.17) is 4.74 Å². The van der Waals surface area contributed by atoms with Crippen LogP contribution >= 0.6 is 0 Å². The molecule has 3 heteroatoms. The maximum atomic E-state index is 11.5. The fourth-order valence-corrected chi connectivity index (χ4v) is 8.72. The molecule has 0 heterocycles. The van der Waals surface area contributed by atoms with E-state index in [1.807, 2.05) is 13.8 Å². The third-order valence-electron chi connectivity index (χ3n) is 10.4. The van der Waals surface area contributed by atoms with Crippen molar-refractivity contribution in [1.29, 1.82) is 0 Å². The third-order valence-corrected chi connectivity index (χ3v) is 10.4. The van der Waals surface area contributed by atoms with Gasteiger partial charge in [-0.1, -0.05) is 32.4 Å². The molecule has 0 saturated heterocycles. The van der Waals surface area contributed by atoms with Crippen LogP contribution in [0.4, 0.5) is 0 Å². The predicted octanol–water partition coefficient (Wildman–Crippen LogP) is 6.68. The Labute approximate surface area is 190 Å². The number of ether oxygens (including phenoxy) is 1. The molecule has 0 radical (unpaired) electrons. The second-order valence-electron chi connectivity index (χ2n) is 12.8. The van der Waals surface area contributed by atoms with Crippen LogP contribution in [0.3, 0.4) is 0 Å². The van der Waals surface area contributed by atoms with Crippen LogP contribution < -0.4 is 0 Å². The fourth-order valence-electron chi connectivity index (χ4n) is 8.72. The molecule has 3 fully saturated rings. The molecule has 3 saturated carbocycles. The van der Waals surface area contributed by atoms with Crippen LogP contribution in [0.25, 0.3) is 0 Å². The van der Waals surface area contributed by atoms with E-state index in [1.165, 1.54) is 38.5 Å². The van der Waals surface area contributed by atoms with Gasteiger partial charge in [0.05, 0.1) is 5.60 Å². The van der Waals surface area contributed by atoms with Gasteiger partial charge in [-0.3, -0.25) is 4.79 Å². The van der Waals surface area contributed by atoms with E-state index >= 15 is 0 Å². The average molecular weight is 431 g/mol. The summed E-state index contributed by atoms with van der Waals surface area (Å²) in [5.41, 5.74) is 1.82. The van der Waals surface area contributed by atoms with E-state index in [0.717, 1.165) is 49.4 Å². The zero-order valence-corrected chi connectivity index (χ0v) is 20.9. The lowest BCUT2D eigenvalue weighted by atomic mass is 9.47. The monoisotopic (exact) mass is 430 g/mol. The summed E-state index contributed by atoms with van der Waals surface area (Å²) in [5.74, 6) is 3.84.